The Labute approximate surface area is 91.9 Å². The minimum absolute atomic E-state index is 0.265. The molecule has 3 nitrogen and oxygen atoms in total. The summed E-state index contributed by atoms with van der Waals surface area (Å²) in [6.45, 7) is 0.717. The van der Waals surface area contributed by atoms with Crippen LogP contribution in [0.3, 0.4) is 0 Å². The Hall–Kier alpha value is -1.55. The Kier molecular flexibility index (Phi) is 2.87. The number of nitrogens with zero attached hydrogens (tertiary/aromatic N) is 1. The van der Waals surface area contributed by atoms with Gasteiger partial charge in [-0.25, -0.2) is 4.79 Å². The maximum absolute atomic E-state index is 11.4. The molecule has 0 amide bonds. The van der Waals surface area contributed by atoms with Crippen LogP contribution in [0.4, 0.5) is 0 Å². The van der Waals surface area contributed by atoms with Gasteiger partial charge in [-0.05, 0) is 23.6 Å². The normalized spacial score (nSPS) is 10.2. The van der Waals surface area contributed by atoms with Crippen LogP contribution < -0.4 is 0 Å². The first-order valence-corrected chi connectivity index (χ1v) is 5.44. The highest BCUT2D eigenvalue weighted by Gasteiger charge is 2.12. The quantitative estimate of drug-likeness (QED) is 0.745. The number of ether oxygens (including phenoxy) is 1. The zero-order valence-electron chi connectivity index (χ0n) is 8.34. The largest absolute Gasteiger partial charge is 0.465 e. The van der Waals surface area contributed by atoms with E-state index >= 15 is 0 Å². The number of methoxy groups -OCH3 is 1. The molecule has 2 aromatic heterocycles. The maximum Gasteiger partial charge on any atom is 0.339 e. The summed E-state index contributed by atoms with van der Waals surface area (Å²) in [4.78, 5) is 12.4. The van der Waals surface area contributed by atoms with E-state index in [0.717, 1.165) is 11.4 Å². The van der Waals surface area contributed by atoms with Crippen molar-refractivity contribution in [2.45, 2.75) is 6.54 Å². The van der Waals surface area contributed by atoms with Crippen LogP contribution >= 0.6 is 11.3 Å². The predicted molar refractivity (Wildman–Crippen MR) is 59.2 cm³/mol. The average molecular weight is 221 g/mol. The number of thiophene rings is 1. The molecule has 0 aromatic carbocycles. The zero-order valence-corrected chi connectivity index (χ0v) is 9.16. The fourth-order valence-electron chi connectivity index (χ4n) is 1.40. The smallest absolute Gasteiger partial charge is 0.339 e. The van der Waals surface area contributed by atoms with Crippen LogP contribution in [-0.2, 0) is 11.3 Å². The number of carbonyl (C=O) groups is 1. The molecule has 2 aromatic rings. The van der Waals surface area contributed by atoms with E-state index in [1.54, 1.807) is 17.4 Å². The van der Waals surface area contributed by atoms with Crippen molar-refractivity contribution in [3.8, 4) is 0 Å². The lowest BCUT2D eigenvalue weighted by Gasteiger charge is -2.03. The molecule has 0 unspecified atom stereocenters. The molecule has 2 rings (SSSR count). The summed E-state index contributed by atoms with van der Waals surface area (Å²) in [6.07, 6.45) is 3.95. The molecule has 0 aliphatic carbocycles. The Morgan fingerprint density at radius 2 is 2.20 bits per heavy atom. The third-order valence-corrected chi connectivity index (χ3v) is 3.05. The van der Waals surface area contributed by atoms with Gasteiger partial charge in [-0.1, -0.05) is 0 Å². The van der Waals surface area contributed by atoms with Gasteiger partial charge < -0.3 is 9.30 Å². The molecule has 0 aliphatic rings. The molecule has 0 N–H and O–H groups in total. The lowest BCUT2D eigenvalue weighted by molar-refractivity contribution is 0.0600. The first kappa shape index (κ1) is 9.98. The lowest BCUT2D eigenvalue weighted by atomic mass is 10.2. The van der Waals surface area contributed by atoms with Crippen molar-refractivity contribution in [2.75, 3.05) is 7.11 Å². The summed E-state index contributed by atoms with van der Waals surface area (Å²) in [5, 5.41) is 1.91. The predicted octanol–water partition coefficient (Wildman–Crippen LogP) is 2.38. The van der Waals surface area contributed by atoms with Crippen LogP contribution in [0.5, 0.6) is 0 Å². The van der Waals surface area contributed by atoms with Crippen molar-refractivity contribution < 1.29 is 9.53 Å². The molecule has 0 radical (unpaired) electrons. The van der Waals surface area contributed by atoms with Gasteiger partial charge in [-0.15, -0.1) is 11.3 Å². The van der Waals surface area contributed by atoms with Gasteiger partial charge in [0.25, 0.3) is 0 Å². The van der Waals surface area contributed by atoms with Crippen molar-refractivity contribution >= 4 is 17.3 Å². The van der Waals surface area contributed by atoms with E-state index in [-0.39, 0.29) is 5.97 Å². The summed E-state index contributed by atoms with van der Waals surface area (Å²) in [5.74, 6) is -0.265. The molecule has 4 heteroatoms. The summed E-state index contributed by atoms with van der Waals surface area (Å²) in [7, 11) is 1.40. The topological polar surface area (TPSA) is 31.2 Å². The van der Waals surface area contributed by atoms with Gasteiger partial charge in [0.05, 0.1) is 19.2 Å². The maximum atomic E-state index is 11.4. The molecule has 0 bridgehead atoms. The van der Waals surface area contributed by atoms with E-state index in [2.05, 4.69) is 0 Å². The SMILES string of the molecule is COC(=O)c1ccsc1Cn1cccc1. The minimum atomic E-state index is -0.265. The number of aromatic nitrogens is 1. The van der Waals surface area contributed by atoms with Crippen LogP contribution in [0.2, 0.25) is 0 Å². The van der Waals surface area contributed by atoms with E-state index < -0.39 is 0 Å². The molecular weight excluding hydrogens is 210 g/mol. The fourth-order valence-corrected chi connectivity index (χ4v) is 2.27. The number of hydrogen-bond acceptors (Lipinski definition) is 3. The zero-order chi connectivity index (χ0) is 10.7. The molecule has 0 saturated carbocycles. The van der Waals surface area contributed by atoms with Gasteiger partial charge in [-0.3, -0.25) is 0 Å². The molecule has 78 valence electrons. The standard InChI is InChI=1S/C11H11NO2S/c1-14-11(13)9-4-7-15-10(9)8-12-5-2-3-6-12/h2-7H,8H2,1H3. The van der Waals surface area contributed by atoms with Crippen LogP contribution in [0.1, 0.15) is 15.2 Å². The Bertz CT molecular complexity index is 445. The summed E-state index contributed by atoms with van der Waals surface area (Å²) >= 11 is 1.57. The molecule has 2 heterocycles. The second-order valence-corrected chi connectivity index (χ2v) is 4.11. The van der Waals surface area contributed by atoms with E-state index in [0.29, 0.717) is 5.56 Å². The van der Waals surface area contributed by atoms with E-state index in [4.69, 9.17) is 4.74 Å². The average Bonchev–Trinajstić information content (AvgIpc) is 2.88. The monoisotopic (exact) mass is 221 g/mol. The van der Waals surface area contributed by atoms with Crippen molar-refractivity contribution in [1.82, 2.24) is 4.57 Å². The molecule has 0 atom stereocenters. The molecule has 0 saturated heterocycles. The van der Waals surface area contributed by atoms with Gasteiger partial charge in [0.2, 0.25) is 0 Å². The second kappa shape index (κ2) is 4.31. The third kappa shape index (κ3) is 2.10. The molecule has 0 spiro atoms. The highest BCUT2D eigenvalue weighted by molar-refractivity contribution is 7.10. The van der Waals surface area contributed by atoms with Gasteiger partial charge in [0.1, 0.15) is 0 Å². The van der Waals surface area contributed by atoms with Crippen LogP contribution in [0.25, 0.3) is 0 Å². The molecule has 0 aliphatic heterocycles. The Balaban J connectivity index is 2.22. The van der Waals surface area contributed by atoms with Crippen molar-refractivity contribution in [1.29, 1.82) is 0 Å². The van der Waals surface area contributed by atoms with Crippen molar-refractivity contribution in [3.63, 3.8) is 0 Å². The van der Waals surface area contributed by atoms with Gasteiger partial charge in [-0.2, -0.15) is 0 Å². The summed E-state index contributed by atoms with van der Waals surface area (Å²) in [6, 6.07) is 5.73. The van der Waals surface area contributed by atoms with E-state index in [1.165, 1.54) is 7.11 Å². The number of rotatable bonds is 3. The summed E-state index contributed by atoms with van der Waals surface area (Å²) < 4.78 is 6.74. The lowest BCUT2D eigenvalue weighted by Crippen LogP contribution is -2.05. The Morgan fingerprint density at radius 3 is 2.87 bits per heavy atom. The van der Waals surface area contributed by atoms with Gasteiger partial charge in [0.15, 0.2) is 0 Å². The summed E-state index contributed by atoms with van der Waals surface area (Å²) in [5.41, 5.74) is 0.663. The molecular formula is C11H11NO2S. The van der Waals surface area contributed by atoms with Gasteiger partial charge in [0, 0.05) is 17.3 Å². The van der Waals surface area contributed by atoms with E-state index in [9.17, 15) is 4.79 Å². The third-order valence-electron chi connectivity index (χ3n) is 2.14. The van der Waals surface area contributed by atoms with E-state index in [1.807, 2.05) is 34.5 Å². The van der Waals surface area contributed by atoms with Crippen LogP contribution in [-0.4, -0.2) is 17.6 Å². The van der Waals surface area contributed by atoms with Crippen LogP contribution in [0, 0.1) is 0 Å². The van der Waals surface area contributed by atoms with Crippen molar-refractivity contribution in [3.05, 3.63) is 46.4 Å². The molecule has 0 fully saturated rings. The number of esters is 1. The van der Waals surface area contributed by atoms with Crippen molar-refractivity contribution in [2.24, 2.45) is 0 Å². The molecule has 15 heavy (non-hydrogen) atoms. The van der Waals surface area contributed by atoms with Crippen LogP contribution in [0.15, 0.2) is 36.0 Å². The Morgan fingerprint density at radius 1 is 1.47 bits per heavy atom. The van der Waals surface area contributed by atoms with Gasteiger partial charge >= 0.3 is 5.97 Å². The highest BCUT2D eigenvalue weighted by atomic mass is 32.1. The first-order valence-electron chi connectivity index (χ1n) is 4.56. The minimum Gasteiger partial charge on any atom is -0.465 e. The first-order chi connectivity index (χ1) is 7.31. The number of hydrogen-bond donors (Lipinski definition) is 0. The second-order valence-electron chi connectivity index (χ2n) is 3.10. The number of carbonyl (C=O) groups excluding carboxylic acids is 1. The highest BCUT2D eigenvalue weighted by Crippen LogP contribution is 2.19. The fraction of sp³-hybridized carbons (Fsp3) is 0.182.